The molecule has 0 saturated heterocycles. The Labute approximate surface area is 101 Å². The van der Waals surface area contributed by atoms with Crippen molar-refractivity contribution in [3.8, 4) is 11.5 Å². The molecule has 0 aromatic carbocycles. The summed E-state index contributed by atoms with van der Waals surface area (Å²) in [6, 6.07) is 0. The monoisotopic (exact) mass is 286 g/mol. The Kier molecular flexibility index (Phi) is 3.60. The van der Waals surface area contributed by atoms with E-state index in [2.05, 4.69) is 9.72 Å². The van der Waals surface area contributed by atoms with Gasteiger partial charge in [-0.2, -0.15) is 0 Å². The van der Waals surface area contributed by atoms with Crippen LogP contribution < -0.4 is 4.74 Å². The predicted octanol–water partition coefficient (Wildman–Crippen LogP) is 1.97. The molecule has 0 bridgehead atoms. The van der Waals surface area contributed by atoms with Crippen LogP contribution in [0.3, 0.4) is 0 Å². The first-order valence-corrected chi connectivity index (χ1v) is 4.33. The fourth-order valence-corrected chi connectivity index (χ4v) is 1.18. The molecule has 0 unspecified atom stereocenters. The van der Waals surface area contributed by atoms with E-state index in [1.54, 1.807) is 0 Å². The number of carbonyl (C=O) groups is 1. The lowest BCUT2D eigenvalue weighted by Crippen LogP contribution is -2.19. The second kappa shape index (κ2) is 4.64. The summed E-state index contributed by atoms with van der Waals surface area (Å²) < 4.78 is 39.4. The highest BCUT2D eigenvalue weighted by Crippen LogP contribution is 2.38. The van der Waals surface area contributed by atoms with Gasteiger partial charge >= 0.3 is 12.2 Å². The van der Waals surface area contributed by atoms with Crippen LogP contribution in [-0.2, 0) is 0 Å². The standard InChI is InChI=1S/C7H2ClF3N2O5/c8-5(15)3-4(18-7(9,10)11)2(14)1-12-6(3)13(16)17/h1,14H. The van der Waals surface area contributed by atoms with Gasteiger partial charge in [-0.3, -0.25) is 4.79 Å². The third-order valence-corrected chi connectivity index (χ3v) is 1.77. The number of aromatic hydroxyl groups is 1. The number of ether oxygens (including phenoxy) is 1. The van der Waals surface area contributed by atoms with Crippen LogP contribution in [0.1, 0.15) is 10.4 Å². The summed E-state index contributed by atoms with van der Waals surface area (Å²) in [5, 5.41) is 17.9. The minimum atomic E-state index is -5.27. The molecule has 0 amide bonds. The van der Waals surface area contributed by atoms with Crippen LogP contribution in [0.4, 0.5) is 19.0 Å². The Hall–Kier alpha value is -2.10. The summed E-state index contributed by atoms with van der Waals surface area (Å²) in [5.74, 6) is -3.93. The Balaban J connectivity index is 3.51. The van der Waals surface area contributed by atoms with Gasteiger partial charge < -0.3 is 20.0 Å². The van der Waals surface area contributed by atoms with Crippen molar-refractivity contribution in [2.75, 3.05) is 0 Å². The average Bonchev–Trinajstić information content (AvgIpc) is 2.17. The molecule has 0 fully saturated rings. The Morgan fingerprint density at radius 3 is 2.50 bits per heavy atom. The number of pyridine rings is 1. The molecule has 7 nitrogen and oxygen atoms in total. The lowest BCUT2D eigenvalue weighted by Gasteiger charge is -2.11. The normalized spacial score (nSPS) is 11.1. The van der Waals surface area contributed by atoms with Crippen LogP contribution in [0, 0.1) is 10.1 Å². The van der Waals surface area contributed by atoms with Crippen LogP contribution >= 0.6 is 11.6 Å². The van der Waals surface area contributed by atoms with E-state index in [4.69, 9.17) is 16.7 Å². The van der Waals surface area contributed by atoms with Crippen molar-refractivity contribution in [1.82, 2.24) is 4.98 Å². The highest BCUT2D eigenvalue weighted by atomic mass is 35.5. The number of alkyl halides is 3. The fraction of sp³-hybridized carbons (Fsp3) is 0.143. The van der Waals surface area contributed by atoms with Gasteiger partial charge in [0.05, 0.1) is 0 Å². The van der Waals surface area contributed by atoms with Gasteiger partial charge in [0.25, 0.3) is 5.24 Å². The van der Waals surface area contributed by atoms with Gasteiger partial charge in [-0.25, -0.2) is 0 Å². The van der Waals surface area contributed by atoms with Crippen LogP contribution in [-0.4, -0.2) is 26.6 Å². The largest absolute Gasteiger partial charge is 0.573 e. The van der Waals surface area contributed by atoms with Crippen LogP contribution in [0.15, 0.2) is 6.20 Å². The van der Waals surface area contributed by atoms with E-state index in [1.165, 1.54) is 0 Å². The number of hydrogen-bond acceptors (Lipinski definition) is 6. The molecule has 11 heteroatoms. The van der Waals surface area contributed by atoms with Gasteiger partial charge in [0.1, 0.15) is 0 Å². The van der Waals surface area contributed by atoms with Gasteiger partial charge in [-0.1, -0.05) is 0 Å². The molecule has 1 N–H and O–H groups in total. The first-order chi connectivity index (χ1) is 8.13. The number of hydrogen-bond donors (Lipinski definition) is 1. The molecule has 0 aliphatic rings. The summed E-state index contributed by atoms with van der Waals surface area (Å²) >= 11 is 4.92. The summed E-state index contributed by atoms with van der Waals surface area (Å²) in [5.41, 5.74) is -1.28. The van der Waals surface area contributed by atoms with Crippen molar-refractivity contribution in [3.05, 3.63) is 21.9 Å². The van der Waals surface area contributed by atoms with Crippen molar-refractivity contribution in [3.63, 3.8) is 0 Å². The van der Waals surface area contributed by atoms with Gasteiger partial charge in [-0.15, -0.1) is 13.2 Å². The van der Waals surface area contributed by atoms with Gasteiger partial charge in [0.2, 0.25) is 5.75 Å². The lowest BCUT2D eigenvalue weighted by molar-refractivity contribution is -0.390. The molecule has 1 aromatic heterocycles. The van der Waals surface area contributed by atoms with Crippen molar-refractivity contribution in [2.45, 2.75) is 6.36 Å². The van der Waals surface area contributed by atoms with Crippen LogP contribution in [0.2, 0.25) is 0 Å². The molecule has 0 aliphatic carbocycles. The van der Waals surface area contributed by atoms with Gasteiger partial charge in [-0.05, 0) is 21.5 Å². The first-order valence-electron chi connectivity index (χ1n) is 3.95. The maximum Gasteiger partial charge on any atom is 0.573 e. The minimum Gasteiger partial charge on any atom is -0.502 e. The SMILES string of the molecule is O=C(Cl)c1c([N+](=O)[O-])ncc(O)c1OC(F)(F)F. The number of aromatic nitrogens is 1. The van der Waals surface area contributed by atoms with E-state index >= 15 is 0 Å². The Morgan fingerprint density at radius 2 is 2.11 bits per heavy atom. The Morgan fingerprint density at radius 1 is 1.56 bits per heavy atom. The average molecular weight is 287 g/mol. The number of carbonyl (C=O) groups excluding carboxylic acids is 1. The third-order valence-electron chi connectivity index (χ3n) is 1.58. The zero-order valence-corrected chi connectivity index (χ0v) is 8.82. The van der Waals surface area contributed by atoms with E-state index in [0.717, 1.165) is 0 Å². The highest BCUT2D eigenvalue weighted by Gasteiger charge is 2.38. The molecule has 0 aliphatic heterocycles. The zero-order valence-electron chi connectivity index (χ0n) is 8.06. The fourth-order valence-electron chi connectivity index (χ4n) is 1.01. The summed E-state index contributed by atoms with van der Waals surface area (Å²) in [6.45, 7) is 0. The molecule has 1 aromatic rings. The second-order valence-corrected chi connectivity index (χ2v) is 3.09. The smallest absolute Gasteiger partial charge is 0.502 e. The topological polar surface area (TPSA) is 103 Å². The first kappa shape index (κ1) is 14.0. The van der Waals surface area contributed by atoms with Crippen LogP contribution in [0.25, 0.3) is 0 Å². The molecule has 0 spiro atoms. The molecule has 18 heavy (non-hydrogen) atoms. The summed E-state index contributed by atoms with van der Waals surface area (Å²) in [6.07, 6.45) is -4.93. The summed E-state index contributed by atoms with van der Waals surface area (Å²) in [7, 11) is 0. The number of nitro groups is 1. The maximum absolute atomic E-state index is 12.0. The van der Waals surface area contributed by atoms with E-state index in [9.17, 15) is 28.1 Å². The predicted molar refractivity (Wildman–Crippen MR) is 49.4 cm³/mol. The highest BCUT2D eigenvalue weighted by molar-refractivity contribution is 6.68. The number of halogens is 4. The lowest BCUT2D eigenvalue weighted by atomic mass is 10.2. The molecule has 0 atom stereocenters. The molecule has 98 valence electrons. The van der Waals surface area contributed by atoms with Crippen molar-refractivity contribution in [2.24, 2.45) is 0 Å². The molecule has 0 saturated carbocycles. The van der Waals surface area contributed by atoms with Crippen molar-refractivity contribution >= 4 is 22.7 Å². The maximum atomic E-state index is 12.0. The zero-order chi connectivity index (χ0) is 14.1. The number of rotatable bonds is 3. The molecule has 1 heterocycles. The molecule has 0 radical (unpaired) electrons. The van der Waals surface area contributed by atoms with E-state index in [-0.39, 0.29) is 0 Å². The van der Waals surface area contributed by atoms with E-state index in [0.29, 0.717) is 6.20 Å². The van der Waals surface area contributed by atoms with Gasteiger partial charge in [0, 0.05) is 0 Å². The van der Waals surface area contributed by atoms with Gasteiger partial charge in [0.15, 0.2) is 17.5 Å². The number of nitrogens with zero attached hydrogens (tertiary/aromatic N) is 2. The van der Waals surface area contributed by atoms with Crippen molar-refractivity contribution in [1.29, 1.82) is 0 Å². The van der Waals surface area contributed by atoms with Crippen LogP contribution in [0.5, 0.6) is 11.5 Å². The van der Waals surface area contributed by atoms with E-state index in [1.807, 2.05) is 0 Å². The van der Waals surface area contributed by atoms with Crippen molar-refractivity contribution < 1.29 is 32.7 Å². The molecular weight excluding hydrogens is 285 g/mol. The molecule has 1 rings (SSSR count). The second-order valence-electron chi connectivity index (χ2n) is 2.75. The van der Waals surface area contributed by atoms with E-state index < -0.39 is 39.4 Å². The molecular formula is C7H2ClF3N2O5. The quantitative estimate of drug-likeness (QED) is 0.517. The third kappa shape index (κ3) is 2.97. The summed E-state index contributed by atoms with van der Waals surface area (Å²) in [4.78, 5) is 23.1. The minimum absolute atomic E-state index is 0.336. The Bertz CT molecular complexity index is 519.